The maximum Gasteiger partial charge on any atom is 0.240 e. The summed E-state index contributed by atoms with van der Waals surface area (Å²) in [6.07, 6.45) is 0.468. The number of hydrogen-bond donors (Lipinski definition) is 1. The summed E-state index contributed by atoms with van der Waals surface area (Å²) >= 11 is 1.46. The second-order valence-electron chi connectivity index (χ2n) is 7.96. The van der Waals surface area contributed by atoms with E-state index in [0.29, 0.717) is 23.7 Å². The minimum absolute atomic E-state index is 0.231. The summed E-state index contributed by atoms with van der Waals surface area (Å²) in [5, 5.41) is 6.57. The monoisotopic (exact) mass is 520 g/mol. The predicted molar refractivity (Wildman–Crippen MR) is 140 cm³/mol. The third-order valence-electron chi connectivity index (χ3n) is 5.74. The van der Waals surface area contributed by atoms with E-state index in [4.69, 9.17) is 9.47 Å². The molecular formula is C26H24N4O4S2. The molecule has 8 nitrogen and oxygen atoms in total. The van der Waals surface area contributed by atoms with Crippen molar-refractivity contribution in [3.8, 4) is 34.0 Å². The molecule has 0 saturated heterocycles. The van der Waals surface area contributed by atoms with E-state index in [9.17, 15) is 8.42 Å². The zero-order valence-electron chi connectivity index (χ0n) is 19.7. The van der Waals surface area contributed by atoms with Gasteiger partial charge in [-0.15, -0.1) is 16.4 Å². The molecule has 184 valence electrons. The molecule has 36 heavy (non-hydrogen) atoms. The number of rotatable bonds is 9. The zero-order chi connectivity index (χ0) is 25.1. The molecule has 0 bridgehead atoms. The summed E-state index contributed by atoms with van der Waals surface area (Å²) in [5.41, 5.74) is 3.67. The van der Waals surface area contributed by atoms with Crippen molar-refractivity contribution in [3.05, 3.63) is 83.9 Å². The molecule has 2 aromatic heterocycles. The highest BCUT2D eigenvalue weighted by atomic mass is 32.2. The average Bonchev–Trinajstić information content (AvgIpc) is 3.50. The average molecular weight is 521 g/mol. The fourth-order valence-corrected chi connectivity index (χ4v) is 5.74. The second-order valence-corrected chi connectivity index (χ2v) is 10.6. The Morgan fingerprint density at radius 2 is 1.58 bits per heavy atom. The third kappa shape index (κ3) is 4.83. The third-order valence-corrected chi connectivity index (χ3v) is 8.08. The van der Waals surface area contributed by atoms with Crippen LogP contribution in [0.4, 0.5) is 0 Å². The Kier molecular flexibility index (Phi) is 6.73. The van der Waals surface area contributed by atoms with Gasteiger partial charge in [-0.2, -0.15) is 4.98 Å². The van der Waals surface area contributed by atoms with Gasteiger partial charge in [-0.25, -0.2) is 17.7 Å². The Morgan fingerprint density at radius 3 is 2.31 bits per heavy atom. The summed E-state index contributed by atoms with van der Waals surface area (Å²) in [6.45, 7) is 0.236. The van der Waals surface area contributed by atoms with E-state index >= 15 is 0 Å². The second kappa shape index (κ2) is 10.1. The smallest absolute Gasteiger partial charge is 0.240 e. The Morgan fingerprint density at radius 1 is 0.889 bits per heavy atom. The van der Waals surface area contributed by atoms with Crippen molar-refractivity contribution in [1.82, 2.24) is 19.3 Å². The van der Waals surface area contributed by atoms with E-state index in [-0.39, 0.29) is 11.4 Å². The maximum atomic E-state index is 12.8. The van der Waals surface area contributed by atoms with Crippen LogP contribution in [0.2, 0.25) is 0 Å². The standard InChI is InChI=1S/C26H24N4O4S2/c1-33-23-13-10-20(16-24(23)34-2)25-28-26-30(29-25)21(17-35-26)14-15-27-36(31,32)22-11-8-19(9-12-22)18-6-4-3-5-7-18/h3-13,16-17,27H,14-15H2,1-2H3. The van der Waals surface area contributed by atoms with Crippen LogP contribution >= 0.6 is 11.3 Å². The van der Waals surface area contributed by atoms with Crippen LogP contribution in [0, 0.1) is 0 Å². The number of nitrogens with one attached hydrogen (secondary N) is 1. The Hall–Kier alpha value is -3.73. The summed E-state index contributed by atoms with van der Waals surface area (Å²) in [4.78, 5) is 5.57. The lowest BCUT2D eigenvalue weighted by Gasteiger charge is -2.08. The number of hydrogen-bond acceptors (Lipinski definition) is 7. The quantitative estimate of drug-likeness (QED) is 0.304. The minimum Gasteiger partial charge on any atom is -0.493 e. The van der Waals surface area contributed by atoms with Crippen LogP contribution in [0.1, 0.15) is 5.69 Å². The van der Waals surface area contributed by atoms with Crippen molar-refractivity contribution in [2.75, 3.05) is 20.8 Å². The molecule has 0 spiro atoms. The van der Waals surface area contributed by atoms with E-state index in [1.165, 1.54) is 11.3 Å². The molecule has 0 fully saturated rings. The molecule has 10 heteroatoms. The number of sulfonamides is 1. The Bertz CT molecular complexity index is 1590. The molecule has 0 amide bonds. The summed E-state index contributed by atoms with van der Waals surface area (Å²) in [7, 11) is -0.469. The molecule has 0 aliphatic heterocycles. The lowest BCUT2D eigenvalue weighted by molar-refractivity contribution is 0.355. The fourth-order valence-electron chi connectivity index (χ4n) is 3.85. The van der Waals surface area contributed by atoms with Gasteiger partial charge in [0.05, 0.1) is 24.8 Å². The number of benzene rings is 3. The van der Waals surface area contributed by atoms with E-state index in [1.54, 1.807) is 30.9 Å². The van der Waals surface area contributed by atoms with E-state index < -0.39 is 10.0 Å². The van der Waals surface area contributed by atoms with Gasteiger partial charge in [-0.3, -0.25) is 0 Å². The van der Waals surface area contributed by atoms with Gasteiger partial charge < -0.3 is 9.47 Å². The molecular weight excluding hydrogens is 496 g/mol. The van der Waals surface area contributed by atoms with Crippen LogP contribution in [0.25, 0.3) is 27.5 Å². The number of fused-ring (bicyclic) bond motifs is 1. The highest BCUT2D eigenvalue weighted by molar-refractivity contribution is 7.89. The predicted octanol–water partition coefficient (Wildman–Crippen LogP) is 4.66. The number of thiazole rings is 1. The molecule has 5 rings (SSSR count). The number of ether oxygens (including phenoxy) is 2. The van der Waals surface area contributed by atoms with Crippen molar-refractivity contribution in [2.45, 2.75) is 11.3 Å². The molecule has 0 aliphatic carbocycles. The van der Waals surface area contributed by atoms with Crippen molar-refractivity contribution in [1.29, 1.82) is 0 Å². The van der Waals surface area contributed by atoms with Crippen molar-refractivity contribution in [2.24, 2.45) is 0 Å². The first-order chi connectivity index (χ1) is 17.5. The van der Waals surface area contributed by atoms with Gasteiger partial charge in [0.15, 0.2) is 17.3 Å². The fraction of sp³-hybridized carbons (Fsp3) is 0.154. The largest absolute Gasteiger partial charge is 0.493 e. The zero-order valence-corrected chi connectivity index (χ0v) is 21.3. The molecule has 0 unspecified atom stereocenters. The molecule has 0 saturated carbocycles. The summed E-state index contributed by atoms with van der Waals surface area (Å²) < 4.78 is 40.7. The van der Waals surface area contributed by atoms with Gasteiger partial charge in [-0.1, -0.05) is 42.5 Å². The number of aromatic nitrogens is 3. The Labute approximate surface area is 213 Å². The topological polar surface area (TPSA) is 94.8 Å². The normalized spacial score (nSPS) is 11.6. The van der Waals surface area contributed by atoms with Crippen LogP contribution in [0.15, 0.2) is 83.1 Å². The first kappa shape index (κ1) is 24.0. The van der Waals surface area contributed by atoms with Crippen molar-refractivity contribution < 1.29 is 17.9 Å². The first-order valence-corrected chi connectivity index (χ1v) is 13.6. The molecule has 0 atom stereocenters. The van der Waals surface area contributed by atoms with E-state index in [1.807, 2.05) is 66.0 Å². The molecule has 5 aromatic rings. The van der Waals surface area contributed by atoms with Gasteiger partial charge in [-0.05, 0) is 41.5 Å². The molecule has 3 aromatic carbocycles. The lowest BCUT2D eigenvalue weighted by atomic mass is 10.1. The summed E-state index contributed by atoms with van der Waals surface area (Å²) in [6, 6.07) is 22.2. The summed E-state index contributed by atoms with van der Waals surface area (Å²) in [5.74, 6) is 1.78. The van der Waals surface area contributed by atoms with E-state index in [0.717, 1.165) is 27.3 Å². The van der Waals surface area contributed by atoms with Crippen LogP contribution in [0.3, 0.4) is 0 Å². The SMILES string of the molecule is COc1ccc(-c2nc3scc(CCNS(=O)(=O)c4ccc(-c5ccccc5)cc4)n3n2)cc1OC. The van der Waals surface area contributed by atoms with Crippen LogP contribution in [-0.2, 0) is 16.4 Å². The molecule has 1 N–H and O–H groups in total. The first-order valence-electron chi connectivity index (χ1n) is 11.2. The molecule has 0 radical (unpaired) electrons. The van der Waals surface area contributed by atoms with Gasteiger partial charge in [0, 0.05) is 23.9 Å². The van der Waals surface area contributed by atoms with Gasteiger partial charge in [0.25, 0.3) is 0 Å². The highest BCUT2D eigenvalue weighted by Crippen LogP contribution is 2.32. The van der Waals surface area contributed by atoms with Gasteiger partial charge >= 0.3 is 0 Å². The number of methoxy groups -OCH3 is 2. The highest BCUT2D eigenvalue weighted by Gasteiger charge is 2.16. The minimum atomic E-state index is -3.64. The molecule has 2 heterocycles. The van der Waals surface area contributed by atoms with Crippen LogP contribution in [-0.4, -0.2) is 43.8 Å². The van der Waals surface area contributed by atoms with E-state index in [2.05, 4.69) is 14.8 Å². The Balaban J connectivity index is 1.27. The van der Waals surface area contributed by atoms with Crippen molar-refractivity contribution in [3.63, 3.8) is 0 Å². The molecule has 0 aliphatic rings. The van der Waals surface area contributed by atoms with Crippen molar-refractivity contribution >= 4 is 26.3 Å². The van der Waals surface area contributed by atoms with Crippen LogP contribution in [0.5, 0.6) is 11.5 Å². The van der Waals surface area contributed by atoms with Gasteiger partial charge in [0.1, 0.15) is 0 Å². The number of nitrogens with zero attached hydrogens (tertiary/aromatic N) is 3. The van der Waals surface area contributed by atoms with Gasteiger partial charge in [0.2, 0.25) is 15.0 Å². The lowest BCUT2D eigenvalue weighted by Crippen LogP contribution is -2.26. The maximum absolute atomic E-state index is 12.8. The van der Waals surface area contributed by atoms with Crippen LogP contribution < -0.4 is 14.2 Å².